The fourth-order valence-corrected chi connectivity index (χ4v) is 5.01. The lowest BCUT2D eigenvalue weighted by Gasteiger charge is -2.23. The molecular formula is C23H18Cl2FN3OS. The summed E-state index contributed by atoms with van der Waals surface area (Å²) < 4.78 is 14.0. The molecule has 0 radical (unpaired) electrons. The van der Waals surface area contributed by atoms with Gasteiger partial charge in [0.1, 0.15) is 11.5 Å². The minimum absolute atomic E-state index is 0.120. The molecule has 2 N–H and O–H groups in total. The van der Waals surface area contributed by atoms with Gasteiger partial charge in [-0.2, -0.15) is 0 Å². The molecular weight excluding hydrogens is 456 g/mol. The molecule has 0 amide bonds. The lowest BCUT2D eigenvalue weighted by atomic mass is 9.85. The summed E-state index contributed by atoms with van der Waals surface area (Å²) in [5, 5.41) is 1.12. The molecule has 0 saturated carbocycles. The van der Waals surface area contributed by atoms with Crippen LogP contribution in [0.1, 0.15) is 33.1 Å². The molecule has 31 heavy (non-hydrogen) atoms. The van der Waals surface area contributed by atoms with Crippen LogP contribution in [0.5, 0.6) is 0 Å². The third-order valence-corrected chi connectivity index (χ3v) is 6.44. The molecule has 0 aliphatic carbocycles. The smallest absolute Gasteiger partial charge is 0.187 e. The third-order valence-electron chi connectivity index (χ3n) is 5.03. The fourth-order valence-electron chi connectivity index (χ4n) is 3.70. The first kappa shape index (κ1) is 21.8. The van der Waals surface area contributed by atoms with Crippen molar-refractivity contribution in [2.75, 3.05) is 5.75 Å². The maximum atomic E-state index is 14.0. The summed E-state index contributed by atoms with van der Waals surface area (Å²) in [7, 11) is 0. The molecule has 2 atom stereocenters. The highest BCUT2D eigenvalue weighted by Crippen LogP contribution is 2.35. The number of hydrogen-bond donors (Lipinski definition) is 1. The Morgan fingerprint density at radius 3 is 2.58 bits per heavy atom. The van der Waals surface area contributed by atoms with Crippen molar-refractivity contribution in [1.82, 2.24) is 4.98 Å². The van der Waals surface area contributed by atoms with E-state index in [2.05, 4.69) is 9.98 Å². The zero-order valence-corrected chi connectivity index (χ0v) is 18.6. The molecule has 158 valence electrons. The van der Waals surface area contributed by atoms with E-state index < -0.39 is 0 Å². The highest BCUT2D eigenvalue weighted by molar-refractivity contribution is 8.14. The van der Waals surface area contributed by atoms with Gasteiger partial charge in [0.15, 0.2) is 11.0 Å². The number of aliphatic imine (C=N–C) groups is 1. The zero-order valence-electron chi connectivity index (χ0n) is 16.3. The number of halogens is 3. The van der Waals surface area contributed by atoms with E-state index in [-0.39, 0.29) is 40.7 Å². The second-order valence-corrected chi connectivity index (χ2v) is 9.09. The van der Waals surface area contributed by atoms with Crippen molar-refractivity contribution in [2.45, 2.75) is 18.4 Å². The SMILES string of the molecule is NC1=NC(C(c2cccc(F)c2)c2cccc(CC(=O)c3ncc(Cl)cc3Cl)c2)CS1. The topological polar surface area (TPSA) is 68.3 Å². The largest absolute Gasteiger partial charge is 0.379 e. The summed E-state index contributed by atoms with van der Waals surface area (Å²) in [4.78, 5) is 21.4. The van der Waals surface area contributed by atoms with Crippen molar-refractivity contribution in [3.8, 4) is 0 Å². The summed E-state index contributed by atoms with van der Waals surface area (Å²) in [6.07, 6.45) is 1.53. The van der Waals surface area contributed by atoms with Gasteiger partial charge in [-0.05, 0) is 34.9 Å². The van der Waals surface area contributed by atoms with Gasteiger partial charge in [0.2, 0.25) is 0 Å². The van der Waals surface area contributed by atoms with Crippen molar-refractivity contribution in [1.29, 1.82) is 0 Å². The van der Waals surface area contributed by atoms with Gasteiger partial charge in [-0.25, -0.2) is 9.37 Å². The van der Waals surface area contributed by atoms with Crippen LogP contribution in [0.4, 0.5) is 4.39 Å². The van der Waals surface area contributed by atoms with Crippen LogP contribution in [-0.2, 0) is 6.42 Å². The lowest BCUT2D eigenvalue weighted by Crippen LogP contribution is -2.19. The second kappa shape index (κ2) is 9.39. The number of hydrogen-bond acceptors (Lipinski definition) is 5. The lowest BCUT2D eigenvalue weighted by molar-refractivity contribution is 0.0988. The highest BCUT2D eigenvalue weighted by Gasteiger charge is 2.29. The monoisotopic (exact) mass is 473 g/mol. The van der Waals surface area contributed by atoms with Gasteiger partial charge in [0, 0.05) is 24.3 Å². The second-order valence-electron chi connectivity index (χ2n) is 7.21. The van der Waals surface area contributed by atoms with E-state index in [1.54, 1.807) is 6.07 Å². The molecule has 4 rings (SSSR count). The minimum atomic E-state index is -0.306. The number of benzene rings is 2. The van der Waals surface area contributed by atoms with Gasteiger partial charge in [0.25, 0.3) is 0 Å². The van der Waals surface area contributed by atoms with Crippen LogP contribution in [-0.4, -0.2) is 27.7 Å². The molecule has 2 heterocycles. The van der Waals surface area contributed by atoms with E-state index in [0.717, 1.165) is 16.7 Å². The highest BCUT2D eigenvalue weighted by atomic mass is 35.5. The quantitative estimate of drug-likeness (QED) is 0.478. The molecule has 0 fully saturated rings. The van der Waals surface area contributed by atoms with Crippen molar-refractivity contribution >= 4 is 45.9 Å². The van der Waals surface area contributed by atoms with Gasteiger partial charge in [0.05, 0.1) is 16.1 Å². The van der Waals surface area contributed by atoms with Gasteiger partial charge < -0.3 is 5.73 Å². The van der Waals surface area contributed by atoms with E-state index in [1.807, 2.05) is 30.3 Å². The Morgan fingerprint density at radius 1 is 1.16 bits per heavy atom. The Hall–Kier alpha value is -2.41. The van der Waals surface area contributed by atoms with Crippen molar-refractivity contribution in [2.24, 2.45) is 10.7 Å². The molecule has 1 aromatic heterocycles. The molecule has 0 spiro atoms. The Kier molecular flexibility index (Phi) is 6.60. The molecule has 8 heteroatoms. The number of rotatable bonds is 6. The number of pyridine rings is 1. The Labute approximate surface area is 193 Å². The minimum Gasteiger partial charge on any atom is -0.379 e. The van der Waals surface area contributed by atoms with Crippen LogP contribution in [0, 0.1) is 5.82 Å². The van der Waals surface area contributed by atoms with Crippen LogP contribution in [0.3, 0.4) is 0 Å². The van der Waals surface area contributed by atoms with E-state index in [1.165, 1.54) is 36.2 Å². The van der Waals surface area contributed by atoms with Crippen LogP contribution in [0.25, 0.3) is 0 Å². The van der Waals surface area contributed by atoms with E-state index in [4.69, 9.17) is 28.9 Å². The van der Waals surface area contributed by atoms with Crippen LogP contribution >= 0.6 is 35.0 Å². The first-order chi connectivity index (χ1) is 14.9. The Morgan fingerprint density at radius 2 is 1.90 bits per heavy atom. The third kappa shape index (κ3) is 5.09. The van der Waals surface area contributed by atoms with E-state index >= 15 is 0 Å². The van der Waals surface area contributed by atoms with Crippen LogP contribution in [0.15, 0.2) is 65.8 Å². The van der Waals surface area contributed by atoms with E-state index in [0.29, 0.717) is 15.9 Å². The predicted octanol–water partition coefficient (Wildman–Crippen LogP) is 5.51. The number of aromatic nitrogens is 1. The van der Waals surface area contributed by atoms with Crippen molar-refractivity contribution in [3.05, 3.63) is 99.0 Å². The Balaban J connectivity index is 1.66. The molecule has 1 aliphatic rings. The Bertz CT molecular complexity index is 1170. The van der Waals surface area contributed by atoms with Gasteiger partial charge >= 0.3 is 0 Å². The zero-order chi connectivity index (χ0) is 22.0. The molecule has 4 nitrogen and oxygen atoms in total. The number of Topliss-reactive ketones (excluding diaryl/α,β-unsaturated/α-hetero) is 1. The number of ketones is 1. The standard InChI is InChI=1S/C23H18Cl2FN3OS/c24-16-10-18(25)22(28-11-16)20(30)8-13-3-1-4-14(7-13)21(19-12-31-23(27)29-19)15-5-2-6-17(26)9-15/h1-7,9-11,19,21H,8,12H2,(H2,27,29). The molecule has 0 bridgehead atoms. The maximum absolute atomic E-state index is 14.0. The number of carbonyl (C=O) groups is 1. The van der Waals surface area contributed by atoms with Crippen molar-refractivity contribution < 1.29 is 9.18 Å². The predicted molar refractivity (Wildman–Crippen MR) is 125 cm³/mol. The number of nitrogens with two attached hydrogens (primary N) is 1. The molecule has 0 saturated heterocycles. The number of amidine groups is 1. The number of carbonyl (C=O) groups excluding carboxylic acids is 1. The van der Waals surface area contributed by atoms with Gasteiger partial charge in [-0.15, -0.1) is 0 Å². The first-order valence-corrected chi connectivity index (χ1v) is 11.3. The summed E-state index contributed by atoms with van der Waals surface area (Å²) in [6, 6.07) is 15.6. The summed E-state index contributed by atoms with van der Waals surface area (Å²) in [5.41, 5.74) is 8.64. The van der Waals surface area contributed by atoms with Gasteiger partial charge in [-0.3, -0.25) is 9.79 Å². The van der Waals surface area contributed by atoms with Crippen LogP contribution < -0.4 is 5.73 Å². The number of thioether (sulfide) groups is 1. The summed E-state index contributed by atoms with van der Waals surface area (Å²) >= 11 is 13.5. The first-order valence-electron chi connectivity index (χ1n) is 9.55. The van der Waals surface area contributed by atoms with E-state index in [9.17, 15) is 9.18 Å². The normalized spacial score (nSPS) is 16.7. The van der Waals surface area contributed by atoms with Crippen molar-refractivity contribution in [3.63, 3.8) is 0 Å². The summed E-state index contributed by atoms with van der Waals surface area (Å²) in [5.74, 6) is 0.0109. The molecule has 2 unspecified atom stereocenters. The fraction of sp³-hybridized carbons (Fsp3) is 0.174. The number of nitrogens with zero attached hydrogens (tertiary/aromatic N) is 2. The average Bonchev–Trinajstić information content (AvgIpc) is 3.14. The van der Waals surface area contributed by atoms with Gasteiger partial charge in [-0.1, -0.05) is 71.4 Å². The summed E-state index contributed by atoms with van der Waals surface area (Å²) in [6.45, 7) is 0. The average molecular weight is 474 g/mol. The molecule has 1 aliphatic heterocycles. The molecule has 2 aromatic carbocycles. The van der Waals surface area contributed by atoms with Crippen LogP contribution in [0.2, 0.25) is 10.0 Å². The maximum Gasteiger partial charge on any atom is 0.187 e. The molecule has 3 aromatic rings.